The largest absolute Gasteiger partial charge is 0.310 e. The summed E-state index contributed by atoms with van der Waals surface area (Å²) in [5.41, 5.74) is 3.55. The predicted molar refractivity (Wildman–Crippen MR) is 108 cm³/mol. The molecule has 0 unspecified atom stereocenters. The van der Waals surface area contributed by atoms with E-state index in [0.29, 0.717) is 0 Å². The summed E-state index contributed by atoms with van der Waals surface area (Å²) in [6.07, 6.45) is 3.83. The minimum atomic E-state index is 0.759. The number of nitrogens with zero attached hydrogens (tertiary/aromatic N) is 4. The van der Waals surface area contributed by atoms with Crippen molar-refractivity contribution in [2.75, 3.05) is 31.1 Å². The molecule has 0 amide bonds. The monoisotopic (exact) mass is 382 g/mol. The van der Waals surface area contributed by atoms with Gasteiger partial charge in [-0.05, 0) is 49.3 Å². The zero-order valence-electron chi connectivity index (χ0n) is 15.9. The van der Waals surface area contributed by atoms with Gasteiger partial charge < -0.3 is 4.90 Å². The fraction of sp³-hybridized carbons (Fsp3) is 0.350. The van der Waals surface area contributed by atoms with Crippen molar-refractivity contribution in [1.82, 2.24) is 14.3 Å². The first-order valence-electron chi connectivity index (χ1n) is 9.39. The van der Waals surface area contributed by atoms with E-state index in [-0.39, 0.29) is 0 Å². The zero-order valence-corrected chi connectivity index (χ0v) is 16.7. The summed E-state index contributed by atoms with van der Waals surface area (Å²) >= 11 is 5.71. The number of aromatic nitrogens is 4. The molecular weight excluding hydrogens is 356 g/mol. The molecule has 3 aromatic rings. The van der Waals surface area contributed by atoms with Gasteiger partial charge in [0.1, 0.15) is 32.5 Å². The van der Waals surface area contributed by atoms with Crippen molar-refractivity contribution in [1.29, 1.82) is 0 Å². The average molecular weight is 383 g/mol. The topological polar surface area (TPSA) is 44.6 Å². The molecule has 3 heterocycles. The molecule has 27 heavy (non-hydrogen) atoms. The first kappa shape index (κ1) is 17.9. The van der Waals surface area contributed by atoms with E-state index in [9.17, 15) is 0 Å². The Morgan fingerprint density at radius 1 is 1.15 bits per heavy atom. The van der Waals surface area contributed by atoms with E-state index in [1.807, 2.05) is 27.8 Å². The summed E-state index contributed by atoms with van der Waals surface area (Å²) in [6, 6.07) is 12.6. The van der Waals surface area contributed by atoms with Crippen LogP contribution in [0.25, 0.3) is 5.69 Å². The molecule has 1 aliphatic heterocycles. The summed E-state index contributed by atoms with van der Waals surface area (Å²) in [6.45, 7) is 9.22. The molecule has 6 nitrogen and oxygen atoms in total. The van der Waals surface area contributed by atoms with Crippen LogP contribution in [0.1, 0.15) is 11.1 Å². The van der Waals surface area contributed by atoms with Gasteiger partial charge in [0.15, 0.2) is 6.67 Å². The van der Waals surface area contributed by atoms with Crippen LogP contribution in [0.5, 0.6) is 0 Å². The van der Waals surface area contributed by atoms with E-state index in [4.69, 9.17) is 12.2 Å². The second kappa shape index (κ2) is 7.62. The van der Waals surface area contributed by atoms with Crippen molar-refractivity contribution < 1.29 is 9.88 Å². The molecule has 0 bridgehead atoms. The highest BCUT2D eigenvalue weighted by atomic mass is 32.1. The average Bonchev–Trinajstić information content (AvgIpc) is 3.05. The van der Waals surface area contributed by atoms with Gasteiger partial charge in [-0.25, -0.2) is 4.98 Å². The van der Waals surface area contributed by atoms with Gasteiger partial charge in [0, 0.05) is 6.07 Å². The van der Waals surface area contributed by atoms with Gasteiger partial charge in [-0.1, -0.05) is 18.2 Å². The lowest BCUT2D eigenvalue weighted by molar-refractivity contribution is -0.924. The molecule has 2 N–H and O–H groups in total. The third-order valence-electron chi connectivity index (χ3n) is 5.23. The van der Waals surface area contributed by atoms with Gasteiger partial charge in [0.2, 0.25) is 4.77 Å². The number of piperazine rings is 1. The smallest absolute Gasteiger partial charge is 0.274 e. The molecule has 0 radical (unpaired) electrons. The number of anilines is 1. The van der Waals surface area contributed by atoms with E-state index in [2.05, 4.69) is 59.2 Å². The second-order valence-corrected chi connectivity index (χ2v) is 7.58. The molecule has 0 aliphatic carbocycles. The van der Waals surface area contributed by atoms with Crippen LogP contribution in [-0.4, -0.2) is 40.5 Å². The van der Waals surface area contributed by atoms with Crippen LogP contribution in [0.4, 0.5) is 5.82 Å². The number of hydrogen-bond acceptors (Lipinski definition) is 3. The second-order valence-electron chi connectivity index (χ2n) is 7.22. The zero-order chi connectivity index (χ0) is 18.8. The van der Waals surface area contributed by atoms with Crippen LogP contribution >= 0.6 is 12.2 Å². The number of benzene rings is 1. The van der Waals surface area contributed by atoms with E-state index in [1.54, 1.807) is 0 Å². The van der Waals surface area contributed by atoms with Gasteiger partial charge in [-0.3, -0.25) is 9.47 Å². The highest BCUT2D eigenvalue weighted by Gasteiger charge is 2.26. The standard InChI is InChI=1S/C20H24N6S/c1-16-6-7-17(2)18(13-16)25-14-22-26(20(25)27)15-23-9-11-24(12-10-23)19-5-3-4-8-21-19/h3-8,13-14H,9-12,15H2,1-2H3/p+2. The van der Waals surface area contributed by atoms with Crippen molar-refractivity contribution in [3.8, 4) is 5.69 Å². The van der Waals surface area contributed by atoms with Gasteiger partial charge in [-0.2, -0.15) is 9.78 Å². The molecule has 140 valence electrons. The van der Waals surface area contributed by atoms with Gasteiger partial charge in [0.25, 0.3) is 5.82 Å². The van der Waals surface area contributed by atoms with Crippen LogP contribution in [0.2, 0.25) is 0 Å². The number of aryl methyl sites for hydroxylation is 2. The Morgan fingerprint density at radius 3 is 2.70 bits per heavy atom. The Kier molecular flexibility index (Phi) is 5.05. The maximum absolute atomic E-state index is 5.71. The number of H-pyrrole nitrogens is 1. The quantitative estimate of drug-likeness (QED) is 0.690. The molecular formula is C20H26N6S+2. The Bertz CT molecular complexity index is 970. The number of hydrogen-bond donors (Lipinski definition) is 1. The minimum Gasteiger partial charge on any atom is -0.310 e. The maximum Gasteiger partial charge on any atom is 0.274 e. The summed E-state index contributed by atoms with van der Waals surface area (Å²) < 4.78 is 4.73. The minimum absolute atomic E-state index is 0.759. The lowest BCUT2D eigenvalue weighted by Crippen LogP contribution is -3.14. The molecule has 0 atom stereocenters. The SMILES string of the molecule is Cc1ccc(C)c(-n2cnn(C[NH+]3CCN(c4cccc[nH+]4)CC3)c2=S)c1. The molecule has 1 aromatic carbocycles. The number of pyridine rings is 1. The molecule has 1 aliphatic rings. The lowest BCUT2D eigenvalue weighted by atomic mass is 10.1. The molecule has 2 aromatic heterocycles. The maximum atomic E-state index is 5.71. The Hall–Kier alpha value is -2.51. The number of rotatable bonds is 4. The fourth-order valence-corrected chi connectivity index (χ4v) is 3.86. The highest BCUT2D eigenvalue weighted by molar-refractivity contribution is 7.71. The summed E-state index contributed by atoms with van der Waals surface area (Å²) in [4.78, 5) is 7.23. The first-order valence-corrected chi connectivity index (χ1v) is 9.80. The summed E-state index contributed by atoms with van der Waals surface area (Å²) in [5, 5.41) is 4.57. The van der Waals surface area contributed by atoms with E-state index >= 15 is 0 Å². The van der Waals surface area contributed by atoms with Crippen LogP contribution in [0.15, 0.2) is 48.9 Å². The van der Waals surface area contributed by atoms with Crippen molar-refractivity contribution >= 4 is 18.0 Å². The summed E-state index contributed by atoms with van der Waals surface area (Å²) in [5.74, 6) is 1.19. The van der Waals surface area contributed by atoms with E-state index < -0.39 is 0 Å². The third-order valence-corrected chi connectivity index (χ3v) is 5.64. The van der Waals surface area contributed by atoms with E-state index in [0.717, 1.165) is 43.3 Å². The van der Waals surface area contributed by atoms with Gasteiger partial charge in [-0.15, -0.1) is 0 Å². The molecule has 7 heteroatoms. The Labute approximate surface area is 164 Å². The molecule has 4 rings (SSSR count). The van der Waals surface area contributed by atoms with Gasteiger partial charge >= 0.3 is 0 Å². The van der Waals surface area contributed by atoms with Crippen LogP contribution in [-0.2, 0) is 6.67 Å². The lowest BCUT2D eigenvalue weighted by Gasteiger charge is -2.27. The molecule has 1 saturated heterocycles. The summed E-state index contributed by atoms with van der Waals surface area (Å²) in [7, 11) is 0. The highest BCUT2D eigenvalue weighted by Crippen LogP contribution is 2.16. The predicted octanol–water partition coefficient (Wildman–Crippen LogP) is 1.20. The Morgan fingerprint density at radius 2 is 1.96 bits per heavy atom. The number of nitrogens with one attached hydrogen (secondary N) is 2. The number of quaternary nitrogens is 1. The molecule has 1 fully saturated rings. The van der Waals surface area contributed by atoms with Crippen molar-refractivity contribution in [2.45, 2.75) is 20.5 Å². The third kappa shape index (κ3) is 3.79. The molecule has 0 spiro atoms. The van der Waals surface area contributed by atoms with Crippen molar-refractivity contribution in [2.24, 2.45) is 0 Å². The fourth-order valence-electron chi connectivity index (χ4n) is 3.60. The number of aromatic amines is 1. The van der Waals surface area contributed by atoms with Crippen molar-refractivity contribution in [3.63, 3.8) is 0 Å². The first-order chi connectivity index (χ1) is 13.1. The Balaban J connectivity index is 1.45. The molecule has 0 saturated carbocycles. The van der Waals surface area contributed by atoms with Crippen molar-refractivity contribution in [3.05, 3.63) is 64.8 Å². The van der Waals surface area contributed by atoms with Crippen LogP contribution in [0, 0.1) is 18.6 Å². The van der Waals surface area contributed by atoms with E-state index in [1.165, 1.54) is 21.8 Å². The van der Waals surface area contributed by atoms with Crippen LogP contribution in [0.3, 0.4) is 0 Å². The van der Waals surface area contributed by atoms with Crippen LogP contribution < -0.4 is 14.8 Å². The normalized spacial score (nSPS) is 15.3. The van der Waals surface area contributed by atoms with Gasteiger partial charge in [0.05, 0.1) is 11.9 Å².